The highest BCUT2D eigenvalue weighted by atomic mass is 16.5. The van der Waals surface area contributed by atoms with Crippen molar-refractivity contribution < 1.29 is 9.47 Å². The van der Waals surface area contributed by atoms with E-state index in [9.17, 15) is 0 Å². The van der Waals surface area contributed by atoms with Gasteiger partial charge in [0.15, 0.2) is 0 Å². The van der Waals surface area contributed by atoms with Crippen LogP contribution in [0.15, 0.2) is 54.6 Å². The van der Waals surface area contributed by atoms with Gasteiger partial charge in [0.2, 0.25) is 0 Å². The molecule has 1 aliphatic rings. The van der Waals surface area contributed by atoms with Crippen LogP contribution >= 0.6 is 0 Å². The molecule has 138 valence electrons. The average molecular weight is 351 g/mol. The van der Waals surface area contributed by atoms with E-state index in [0.717, 1.165) is 45.0 Å². The van der Waals surface area contributed by atoms with Gasteiger partial charge in [0.05, 0.1) is 19.8 Å². The van der Waals surface area contributed by atoms with Crippen LogP contribution in [0, 0.1) is 0 Å². The molecule has 1 heterocycles. The summed E-state index contributed by atoms with van der Waals surface area (Å²) in [5.74, 6) is 0.942. The molecule has 1 fully saturated rings. The molecule has 26 heavy (non-hydrogen) atoms. The molecule has 0 aromatic heterocycles. The van der Waals surface area contributed by atoms with Crippen LogP contribution in [0.3, 0.4) is 0 Å². The molecule has 1 aliphatic heterocycles. The lowest BCUT2D eigenvalue weighted by Crippen LogP contribution is -2.35. The Labute approximate surface area is 157 Å². The number of rotatable bonds is 7. The number of morpholine rings is 1. The first-order valence-electron chi connectivity index (χ1n) is 9.48. The van der Waals surface area contributed by atoms with Crippen molar-refractivity contribution in [3.63, 3.8) is 0 Å². The second-order valence-corrected chi connectivity index (χ2v) is 6.80. The Hall–Kier alpha value is -2.10. The molecule has 0 aliphatic carbocycles. The zero-order valence-electron chi connectivity index (χ0n) is 15.9. The fourth-order valence-corrected chi connectivity index (χ4v) is 3.10. The van der Waals surface area contributed by atoms with Gasteiger partial charge in [0.25, 0.3) is 0 Å². The third-order valence-electron chi connectivity index (χ3n) is 4.93. The lowest BCUT2D eigenvalue weighted by molar-refractivity contribution is 0.0342. The van der Waals surface area contributed by atoms with E-state index in [1.807, 2.05) is 0 Å². The fraction of sp³-hybridized carbons (Fsp3) is 0.391. The molecule has 0 amide bonds. The summed E-state index contributed by atoms with van der Waals surface area (Å²) in [5, 5.41) is 0. The van der Waals surface area contributed by atoms with E-state index in [1.165, 1.54) is 22.3 Å². The summed E-state index contributed by atoms with van der Waals surface area (Å²) in [7, 11) is 0. The van der Waals surface area contributed by atoms with Gasteiger partial charge in [0.1, 0.15) is 5.75 Å². The van der Waals surface area contributed by atoms with Crippen molar-refractivity contribution in [2.45, 2.75) is 26.8 Å². The highest BCUT2D eigenvalue weighted by Crippen LogP contribution is 2.16. The van der Waals surface area contributed by atoms with Crippen molar-refractivity contribution >= 4 is 5.57 Å². The Balaban J connectivity index is 1.44. The van der Waals surface area contributed by atoms with E-state index in [0.29, 0.717) is 6.61 Å². The Morgan fingerprint density at radius 3 is 2.31 bits per heavy atom. The van der Waals surface area contributed by atoms with Crippen LogP contribution < -0.4 is 4.74 Å². The standard InChI is InChI=1S/C23H29NO2/c1-3-19(2)22-8-4-20(5-9-22)12-15-26-23-10-6-21(7-11-23)18-24-13-16-25-17-14-24/h3-11H,12-18H2,1-2H3/b19-3+. The van der Waals surface area contributed by atoms with Crippen LogP contribution in [0.4, 0.5) is 0 Å². The highest BCUT2D eigenvalue weighted by molar-refractivity contribution is 5.63. The minimum Gasteiger partial charge on any atom is -0.493 e. The predicted octanol–water partition coefficient (Wildman–Crippen LogP) is 4.56. The minimum atomic E-state index is 0.699. The van der Waals surface area contributed by atoms with E-state index >= 15 is 0 Å². The number of hydrogen-bond acceptors (Lipinski definition) is 3. The summed E-state index contributed by atoms with van der Waals surface area (Å²) in [5.41, 5.74) is 5.23. The predicted molar refractivity (Wildman–Crippen MR) is 108 cm³/mol. The van der Waals surface area contributed by atoms with Crippen molar-refractivity contribution in [2.24, 2.45) is 0 Å². The molecule has 0 unspecified atom stereocenters. The highest BCUT2D eigenvalue weighted by Gasteiger charge is 2.10. The van der Waals surface area contributed by atoms with Crippen LogP contribution in [0.1, 0.15) is 30.5 Å². The van der Waals surface area contributed by atoms with E-state index in [2.05, 4.69) is 73.4 Å². The van der Waals surface area contributed by atoms with Gasteiger partial charge >= 0.3 is 0 Å². The molecule has 3 nitrogen and oxygen atoms in total. The number of hydrogen-bond donors (Lipinski definition) is 0. The molecule has 0 N–H and O–H groups in total. The molecule has 1 saturated heterocycles. The first-order valence-corrected chi connectivity index (χ1v) is 9.48. The van der Waals surface area contributed by atoms with E-state index in [1.54, 1.807) is 0 Å². The molecule has 0 saturated carbocycles. The Morgan fingerprint density at radius 1 is 1.00 bits per heavy atom. The summed E-state index contributed by atoms with van der Waals surface area (Å²) in [6.07, 6.45) is 3.06. The van der Waals surface area contributed by atoms with Crippen LogP contribution in [-0.4, -0.2) is 37.8 Å². The molecule has 0 spiro atoms. The zero-order valence-corrected chi connectivity index (χ0v) is 15.9. The summed E-state index contributed by atoms with van der Waals surface area (Å²) in [6, 6.07) is 17.2. The molecular weight excluding hydrogens is 322 g/mol. The third-order valence-corrected chi connectivity index (χ3v) is 4.93. The monoisotopic (exact) mass is 351 g/mol. The fourth-order valence-electron chi connectivity index (χ4n) is 3.10. The smallest absolute Gasteiger partial charge is 0.119 e. The number of allylic oxidation sites excluding steroid dienone is 2. The maximum Gasteiger partial charge on any atom is 0.119 e. The van der Waals surface area contributed by atoms with Crippen LogP contribution in [0.25, 0.3) is 5.57 Å². The first kappa shape index (κ1) is 18.7. The molecule has 0 bridgehead atoms. The van der Waals surface area contributed by atoms with Gasteiger partial charge < -0.3 is 9.47 Å². The average Bonchev–Trinajstić information content (AvgIpc) is 2.70. The van der Waals surface area contributed by atoms with Gasteiger partial charge in [-0.2, -0.15) is 0 Å². The minimum absolute atomic E-state index is 0.699. The van der Waals surface area contributed by atoms with Crippen molar-refractivity contribution in [1.82, 2.24) is 4.90 Å². The molecule has 0 radical (unpaired) electrons. The lowest BCUT2D eigenvalue weighted by Gasteiger charge is -2.26. The first-order chi connectivity index (χ1) is 12.7. The van der Waals surface area contributed by atoms with Crippen molar-refractivity contribution in [2.75, 3.05) is 32.9 Å². The molecule has 2 aromatic rings. The maximum atomic E-state index is 5.91. The number of ether oxygens (including phenoxy) is 2. The second-order valence-electron chi connectivity index (χ2n) is 6.80. The summed E-state index contributed by atoms with van der Waals surface area (Å²) in [6.45, 7) is 9.62. The number of nitrogens with zero attached hydrogens (tertiary/aromatic N) is 1. The van der Waals surface area contributed by atoms with Crippen LogP contribution in [0.5, 0.6) is 5.75 Å². The van der Waals surface area contributed by atoms with Gasteiger partial charge in [-0.25, -0.2) is 0 Å². The molecule has 3 heteroatoms. The Bertz CT molecular complexity index is 698. The molecule has 2 aromatic carbocycles. The SMILES string of the molecule is C/C=C(\C)c1ccc(CCOc2ccc(CN3CCOCC3)cc2)cc1. The topological polar surface area (TPSA) is 21.7 Å². The van der Waals surface area contributed by atoms with Crippen LogP contribution in [-0.2, 0) is 17.7 Å². The normalized spacial score (nSPS) is 15.8. The summed E-state index contributed by atoms with van der Waals surface area (Å²) in [4.78, 5) is 2.43. The van der Waals surface area contributed by atoms with Gasteiger partial charge in [-0.05, 0) is 48.2 Å². The maximum absolute atomic E-state index is 5.91. The molecule has 3 rings (SSSR count). The molecular formula is C23H29NO2. The largest absolute Gasteiger partial charge is 0.493 e. The van der Waals surface area contributed by atoms with E-state index in [-0.39, 0.29) is 0 Å². The third kappa shape index (κ3) is 5.45. The zero-order chi connectivity index (χ0) is 18.2. The van der Waals surface area contributed by atoms with Gasteiger partial charge in [-0.1, -0.05) is 42.5 Å². The number of benzene rings is 2. The van der Waals surface area contributed by atoms with Crippen molar-refractivity contribution in [1.29, 1.82) is 0 Å². The molecule has 0 atom stereocenters. The van der Waals surface area contributed by atoms with Crippen molar-refractivity contribution in [3.05, 3.63) is 71.3 Å². The van der Waals surface area contributed by atoms with Gasteiger partial charge in [-0.15, -0.1) is 0 Å². The van der Waals surface area contributed by atoms with Gasteiger partial charge in [-0.3, -0.25) is 4.90 Å². The lowest BCUT2D eigenvalue weighted by atomic mass is 10.0. The van der Waals surface area contributed by atoms with Crippen LogP contribution in [0.2, 0.25) is 0 Å². The summed E-state index contributed by atoms with van der Waals surface area (Å²) >= 11 is 0. The Morgan fingerprint density at radius 2 is 1.65 bits per heavy atom. The van der Waals surface area contributed by atoms with E-state index in [4.69, 9.17) is 9.47 Å². The summed E-state index contributed by atoms with van der Waals surface area (Å²) < 4.78 is 11.3. The van der Waals surface area contributed by atoms with Gasteiger partial charge in [0, 0.05) is 26.1 Å². The van der Waals surface area contributed by atoms with E-state index < -0.39 is 0 Å². The van der Waals surface area contributed by atoms with Crippen molar-refractivity contribution in [3.8, 4) is 5.75 Å². The second kappa shape index (κ2) is 9.56. The quantitative estimate of drug-likeness (QED) is 0.730. The Kier molecular flexibility index (Phi) is 6.87.